The average Bonchev–Trinajstić information content (AvgIpc) is 2.38. The molecular weight excluding hydrogens is 234 g/mol. The number of carbonyl (C=O) groups is 2. The third kappa shape index (κ3) is 2.93. The lowest BCUT2D eigenvalue weighted by Gasteiger charge is -2.40. The Morgan fingerprint density at radius 2 is 1.89 bits per heavy atom. The average molecular weight is 257 g/mol. The minimum absolute atomic E-state index is 0.0106. The van der Waals surface area contributed by atoms with Crippen molar-refractivity contribution < 1.29 is 14.3 Å². The molecule has 1 heterocycles. The van der Waals surface area contributed by atoms with Crippen LogP contribution in [-0.4, -0.2) is 68.2 Å². The Labute approximate surface area is 108 Å². The quantitative estimate of drug-likeness (QED) is 0.738. The molecule has 1 aliphatic rings. The first-order valence-corrected chi connectivity index (χ1v) is 6.29. The third-order valence-electron chi connectivity index (χ3n) is 3.41. The van der Waals surface area contributed by atoms with Crippen molar-refractivity contribution in [1.29, 1.82) is 0 Å². The normalized spacial score (nSPS) is 18.3. The van der Waals surface area contributed by atoms with Gasteiger partial charge < -0.3 is 19.9 Å². The fourth-order valence-electron chi connectivity index (χ4n) is 2.19. The molecule has 1 N–H and O–H groups in total. The van der Waals surface area contributed by atoms with Gasteiger partial charge in [-0.25, -0.2) is 4.79 Å². The number of esters is 1. The molecule has 1 fully saturated rings. The lowest BCUT2D eigenvalue weighted by molar-refractivity contribution is -0.153. The maximum Gasteiger partial charge on any atom is 0.326 e. The molecule has 0 saturated carbocycles. The zero-order valence-electron chi connectivity index (χ0n) is 11.7. The van der Waals surface area contributed by atoms with Crippen molar-refractivity contribution >= 4 is 12.0 Å². The van der Waals surface area contributed by atoms with Gasteiger partial charge in [-0.3, -0.25) is 4.79 Å². The predicted octanol–water partition coefficient (Wildman–Crippen LogP) is 0.285. The van der Waals surface area contributed by atoms with Gasteiger partial charge in [-0.2, -0.15) is 0 Å². The van der Waals surface area contributed by atoms with Gasteiger partial charge in [-0.05, 0) is 26.8 Å². The standard InChI is InChI=1S/C12H23N3O3/c1-5-18-10(16)12(13-2)6-8-15(9-7-12)11(17)14(3)4/h13H,5-9H2,1-4H3. The molecule has 0 atom stereocenters. The Balaban J connectivity index is 2.65. The number of nitrogens with zero attached hydrogens (tertiary/aromatic N) is 2. The highest BCUT2D eigenvalue weighted by molar-refractivity contribution is 5.82. The van der Waals surface area contributed by atoms with E-state index in [1.165, 1.54) is 0 Å². The van der Waals surface area contributed by atoms with Gasteiger partial charge in [0, 0.05) is 27.2 Å². The van der Waals surface area contributed by atoms with Gasteiger partial charge in [0.15, 0.2) is 0 Å². The van der Waals surface area contributed by atoms with Crippen LogP contribution >= 0.6 is 0 Å². The number of ether oxygens (including phenoxy) is 1. The van der Waals surface area contributed by atoms with Crippen LogP contribution < -0.4 is 5.32 Å². The minimum atomic E-state index is -0.640. The van der Waals surface area contributed by atoms with E-state index in [2.05, 4.69) is 5.32 Å². The summed E-state index contributed by atoms with van der Waals surface area (Å²) in [7, 11) is 5.22. The highest BCUT2D eigenvalue weighted by Gasteiger charge is 2.42. The van der Waals surface area contributed by atoms with Crippen LogP contribution in [-0.2, 0) is 9.53 Å². The largest absolute Gasteiger partial charge is 0.465 e. The molecule has 1 saturated heterocycles. The second-order valence-electron chi connectivity index (χ2n) is 4.72. The van der Waals surface area contributed by atoms with Gasteiger partial charge in [0.05, 0.1) is 6.61 Å². The number of urea groups is 1. The molecule has 104 valence electrons. The summed E-state index contributed by atoms with van der Waals surface area (Å²) in [6.45, 7) is 3.31. The highest BCUT2D eigenvalue weighted by Crippen LogP contribution is 2.24. The van der Waals surface area contributed by atoms with E-state index in [9.17, 15) is 9.59 Å². The Bertz CT molecular complexity index is 310. The summed E-state index contributed by atoms with van der Waals surface area (Å²) in [6.07, 6.45) is 1.17. The first-order valence-electron chi connectivity index (χ1n) is 6.29. The van der Waals surface area contributed by atoms with Gasteiger partial charge in [-0.15, -0.1) is 0 Å². The Kier molecular flexibility index (Phi) is 4.95. The predicted molar refractivity (Wildman–Crippen MR) is 68.3 cm³/mol. The van der Waals surface area contributed by atoms with E-state index in [1.807, 2.05) is 0 Å². The second kappa shape index (κ2) is 6.04. The molecule has 6 nitrogen and oxygen atoms in total. The monoisotopic (exact) mass is 257 g/mol. The van der Waals surface area contributed by atoms with Crippen molar-refractivity contribution in [3.8, 4) is 0 Å². The number of hydrogen-bond acceptors (Lipinski definition) is 4. The van der Waals surface area contributed by atoms with Crippen LogP contribution in [0.1, 0.15) is 19.8 Å². The SMILES string of the molecule is CCOC(=O)C1(NC)CCN(C(=O)N(C)C)CC1. The molecule has 0 aromatic carbocycles. The molecular formula is C12H23N3O3. The van der Waals surface area contributed by atoms with Crippen LogP contribution in [0.25, 0.3) is 0 Å². The van der Waals surface area contributed by atoms with E-state index < -0.39 is 5.54 Å². The van der Waals surface area contributed by atoms with E-state index in [-0.39, 0.29) is 12.0 Å². The molecule has 0 radical (unpaired) electrons. The van der Waals surface area contributed by atoms with Gasteiger partial charge in [0.1, 0.15) is 5.54 Å². The molecule has 0 unspecified atom stereocenters. The molecule has 6 heteroatoms. The molecule has 0 spiro atoms. The van der Waals surface area contributed by atoms with E-state index in [0.717, 1.165) is 0 Å². The van der Waals surface area contributed by atoms with Crippen molar-refractivity contribution in [1.82, 2.24) is 15.1 Å². The molecule has 18 heavy (non-hydrogen) atoms. The van der Waals surface area contributed by atoms with E-state index >= 15 is 0 Å². The van der Waals surface area contributed by atoms with Gasteiger partial charge in [0.2, 0.25) is 0 Å². The van der Waals surface area contributed by atoms with Gasteiger partial charge >= 0.3 is 12.0 Å². The zero-order valence-corrected chi connectivity index (χ0v) is 11.7. The van der Waals surface area contributed by atoms with Gasteiger partial charge in [-0.1, -0.05) is 0 Å². The number of hydrogen-bond donors (Lipinski definition) is 1. The molecule has 1 aliphatic heterocycles. The van der Waals surface area contributed by atoms with Gasteiger partial charge in [0.25, 0.3) is 0 Å². The first-order chi connectivity index (χ1) is 8.46. The molecule has 0 aromatic rings. The maximum absolute atomic E-state index is 12.0. The van der Waals surface area contributed by atoms with Crippen molar-refractivity contribution in [2.24, 2.45) is 0 Å². The summed E-state index contributed by atoms with van der Waals surface area (Å²) in [4.78, 5) is 27.1. The van der Waals surface area contributed by atoms with Crippen LogP contribution in [0.4, 0.5) is 4.79 Å². The van der Waals surface area contributed by atoms with Crippen molar-refractivity contribution in [2.75, 3.05) is 40.8 Å². The van der Waals surface area contributed by atoms with Crippen molar-refractivity contribution in [3.05, 3.63) is 0 Å². The lowest BCUT2D eigenvalue weighted by Crippen LogP contribution is -2.59. The summed E-state index contributed by atoms with van der Waals surface area (Å²) in [5, 5.41) is 3.06. The van der Waals surface area contributed by atoms with Crippen molar-refractivity contribution in [2.45, 2.75) is 25.3 Å². The van der Waals surface area contributed by atoms with E-state index in [0.29, 0.717) is 32.5 Å². The molecule has 0 bridgehead atoms. The minimum Gasteiger partial charge on any atom is -0.465 e. The third-order valence-corrected chi connectivity index (χ3v) is 3.41. The summed E-state index contributed by atoms with van der Waals surface area (Å²) in [5.41, 5.74) is -0.640. The maximum atomic E-state index is 12.0. The summed E-state index contributed by atoms with van der Waals surface area (Å²) in [6, 6.07) is -0.0106. The number of piperidine rings is 1. The van der Waals surface area contributed by atoms with E-state index in [1.54, 1.807) is 37.9 Å². The Morgan fingerprint density at radius 3 is 2.28 bits per heavy atom. The number of rotatable bonds is 3. The first kappa shape index (κ1) is 14.8. The van der Waals surface area contributed by atoms with Crippen LogP contribution in [0.5, 0.6) is 0 Å². The molecule has 0 aromatic heterocycles. The molecule has 1 rings (SSSR count). The summed E-state index contributed by atoms with van der Waals surface area (Å²) < 4.78 is 5.10. The van der Waals surface area contributed by atoms with Crippen molar-refractivity contribution in [3.63, 3.8) is 0 Å². The van der Waals surface area contributed by atoms with Crippen LogP contribution in [0.3, 0.4) is 0 Å². The second-order valence-corrected chi connectivity index (χ2v) is 4.72. The fraction of sp³-hybridized carbons (Fsp3) is 0.833. The number of carbonyl (C=O) groups excluding carboxylic acids is 2. The molecule has 0 aliphatic carbocycles. The van der Waals surface area contributed by atoms with Crippen LogP contribution in [0, 0.1) is 0 Å². The Morgan fingerprint density at radius 1 is 1.33 bits per heavy atom. The smallest absolute Gasteiger partial charge is 0.326 e. The zero-order chi connectivity index (χ0) is 13.8. The summed E-state index contributed by atoms with van der Waals surface area (Å²) >= 11 is 0. The van der Waals surface area contributed by atoms with E-state index in [4.69, 9.17) is 4.74 Å². The number of likely N-dealkylation sites (tertiary alicyclic amines) is 1. The highest BCUT2D eigenvalue weighted by atomic mass is 16.5. The lowest BCUT2D eigenvalue weighted by atomic mass is 9.87. The topological polar surface area (TPSA) is 61.9 Å². The Hall–Kier alpha value is -1.30. The molecule has 2 amide bonds. The summed E-state index contributed by atoms with van der Waals surface area (Å²) in [5.74, 6) is -0.218. The number of amides is 2. The number of likely N-dealkylation sites (N-methyl/N-ethyl adjacent to an activating group) is 1. The van der Waals surface area contributed by atoms with Crippen LogP contribution in [0.15, 0.2) is 0 Å². The number of nitrogens with one attached hydrogen (secondary N) is 1. The van der Waals surface area contributed by atoms with Crippen LogP contribution in [0.2, 0.25) is 0 Å². The fourth-order valence-corrected chi connectivity index (χ4v) is 2.19.